The highest BCUT2D eigenvalue weighted by Gasteiger charge is 2.45. The molecule has 1 N–H and O–H groups in total. The largest absolute Gasteiger partial charge is 0.296 e. The third kappa shape index (κ3) is 3.64. The maximum atomic E-state index is 9.70. The molecule has 2 aliphatic carbocycles. The Bertz CT molecular complexity index is 538. The van der Waals surface area contributed by atoms with Gasteiger partial charge in [0.25, 0.3) is 0 Å². The van der Waals surface area contributed by atoms with Gasteiger partial charge in [0.1, 0.15) is 5.54 Å². The Balaban J connectivity index is 1.56. The molecule has 1 aromatic carbocycles. The van der Waals surface area contributed by atoms with E-state index in [1.165, 1.54) is 35.1 Å². The van der Waals surface area contributed by atoms with Crippen molar-refractivity contribution >= 4 is 27.7 Å². The number of nitrogens with one attached hydrogen (secondary N) is 1. The Kier molecular flexibility index (Phi) is 4.93. The summed E-state index contributed by atoms with van der Waals surface area (Å²) in [5, 5.41) is 13.3. The van der Waals surface area contributed by atoms with Gasteiger partial charge in [0.2, 0.25) is 0 Å². The summed E-state index contributed by atoms with van der Waals surface area (Å²) < 4.78 is 1.17. The molecule has 2 atom stereocenters. The first-order valence-corrected chi connectivity index (χ1v) is 9.58. The van der Waals surface area contributed by atoms with E-state index in [9.17, 15) is 5.26 Å². The SMILES string of the molecule is N#CC1(NC2CC2)CCCC1CCSc1ccccc1Br. The molecule has 0 bridgehead atoms. The van der Waals surface area contributed by atoms with Gasteiger partial charge in [0.15, 0.2) is 0 Å². The Hall–Kier alpha value is -0.500. The Morgan fingerprint density at radius 2 is 2.14 bits per heavy atom. The topological polar surface area (TPSA) is 35.8 Å². The maximum Gasteiger partial charge on any atom is 0.109 e. The van der Waals surface area contributed by atoms with E-state index in [0.717, 1.165) is 18.6 Å². The molecule has 0 heterocycles. The average molecular weight is 365 g/mol. The van der Waals surface area contributed by atoms with Crippen LogP contribution in [0.3, 0.4) is 0 Å². The van der Waals surface area contributed by atoms with Crippen LogP contribution in [-0.4, -0.2) is 17.3 Å². The molecule has 2 fully saturated rings. The number of benzene rings is 1. The van der Waals surface area contributed by atoms with E-state index in [0.29, 0.717) is 12.0 Å². The summed E-state index contributed by atoms with van der Waals surface area (Å²) in [5.41, 5.74) is -0.240. The number of nitriles is 1. The van der Waals surface area contributed by atoms with Gasteiger partial charge in [-0.15, -0.1) is 11.8 Å². The minimum Gasteiger partial charge on any atom is -0.296 e. The van der Waals surface area contributed by atoms with Gasteiger partial charge in [-0.05, 0) is 71.8 Å². The molecule has 0 saturated heterocycles. The van der Waals surface area contributed by atoms with E-state index >= 15 is 0 Å². The molecule has 4 heteroatoms. The fraction of sp³-hybridized carbons (Fsp3) is 0.588. The van der Waals surface area contributed by atoms with E-state index in [4.69, 9.17) is 0 Å². The summed E-state index contributed by atoms with van der Waals surface area (Å²) in [4.78, 5) is 1.30. The van der Waals surface area contributed by atoms with Crippen LogP contribution in [-0.2, 0) is 0 Å². The first-order chi connectivity index (χ1) is 10.2. The second-order valence-corrected chi connectivity index (χ2v) is 8.15. The normalized spacial score (nSPS) is 28.5. The smallest absolute Gasteiger partial charge is 0.109 e. The Morgan fingerprint density at radius 1 is 1.33 bits per heavy atom. The predicted molar refractivity (Wildman–Crippen MR) is 91.3 cm³/mol. The van der Waals surface area contributed by atoms with Crippen LogP contribution in [0.2, 0.25) is 0 Å². The second-order valence-electron chi connectivity index (χ2n) is 6.16. The third-order valence-electron chi connectivity index (χ3n) is 4.62. The van der Waals surface area contributed by atoms with Gasteiger partial charge in [-0.2, -0.15) is 5.26 Å². The number of thioether (sulfide) groups is 1. The molecular weight excluding hydrogens is 344 g/mol. The molecule has 2 saturated carbocycles. The molecule has 112 valence electrons. The van der Waals surface area contributed by atoms with Gasteiger partial charge >= 0.3 is 0 Å². The first-order valence-electron chi connectivity index (χ1n) is 7.80. The van der Waals surface area contributed by atoms with Gasteiger partial charge in [-0.1, -0.05) is 18.6 Å². The lowest BCUT2D eigenvalue weighted by Crippen LogP contribution is -2.48. The van der Waals surface area contributed by atoms with Gasteiger partial charge in [-0.3, -0.25) is 5.32 Å². The number of nitrogens with zero attached hydrogens (tertiary/aromatic N) is 1. The van der Waals surface area contributed by atoms with E-state index in [-0.39, 0.29) is 5.54 Å². The maximum absolute atomic E-state index is 9.70. The summed E-state index contributed by atoms with van der Waals surface area (Å²) in [6.07, 6.45) is 7.05. The van der Waals surface area contributed by atoms with Crippen LogP contribution >= 0.6 is 27.7 Å². The van der Waals surface area contributed by atoms with Crippen molar-refractivity contribution < 1.29 is 0 Å². The predicted octanol–water partition coefficient (Wildman–Crippen LogP) is 4.75. The Labute approximate surface area is 139 Å². The number of hydrogen-bond acceptors (Lipinski definition) is 3. The zero-order valence-electron chi connectivity index (χ0n) is 12.1. The van der Waals surface area contributed by atoms with Crippen LogP contribution in [0.15, 0.2) is 33.6 Å². The lowest BCUT2D eigenvalue weighted by molar-refractivity contribution is 0.308. The van der Waals surface area contributed by atoms with E-state index < -0.39 is 0 Å². The van der Waals surface area contributed by atoms with Crippen LogP contribution < -0.4 is 5.32 Å². The minimum atomic E-state index is -0.240. The standard InChI is InChI=1S/C17H21BrN2S/c18-15-5-1-2-6-16(15)21-11-9-13-4-3-10-17(13,12-19)20-14-7-8-14/h1-2,5-6,13-14,20H,3-4,7-11H2. The summed E-state index contributed by atoms with van der Waals surface area (Å²) in [6.45, 7) is 0. The van der Waals surface area contributed by atoms with E-state index in [1.807, 2.05) is 17.8 Å². The number of halogens is 1. The fourth-order valence-electron chi connectivity index (χ4n) is 3.30. The lowest BCUT2D eigenvalue weighted by atomic mass is 9.86. The van der Waals surface area contributed by atoms with Gasteiger partial charge in [0.05, 0.1) is 6.07 Å². The molecule has 0 amide bonds. The molecule has 2 aliphatic rings. The van der Waals surface area contributed by atoms with Gasteiger partial charge < -0.3 is 0 Å². The molecule has 0 aliphatic heterocycles. The van der Waals surface area contributed by atoms with Gasteiger partial charge in [0, 0.05) is 15.4 Å². The number of rotatable bonds is 6. The van der Waals surface area contributed by atoms with Crippen molar-refractivity contribution in [3.63, 3.8) is 0 Å². The van der Waals surface area contributed by atoms with Crippen LogP contribution in [0.1, 0.15) is 38.5 Å². The van der Waals surface area contributed by atoms with Crippen molar-refractivity contribution in [3.05, 3.63) is 28.7 Å². The zero-order valence-corrected chi connectivity index (χ0v) is 14.5. The van der Waals surface area contributed by atoms with Crippen molar-refractivity contribution in [2.45, 2.75) is 55.0 Å². The monoisotopic (exact) mass is 364 g/mol. The fourth-order valence-corrected chi connectivity index (χ4v) is 4.93. The summed E-state index contributed by atoms with van der Waals surface area (Å²) in [5.74, 6) is 1.60. The molecule has 3 rings (SSSR count). The Morgan fingerprint density at radius 3 is 2.86 bits per heavy atom. The lowest BCUT2D eigenvalue weighted by Gasteiger charge is -2.30. The van der Waals surface area contributed by atoms with Crippen LogP contribution in [0.4, 0.5) is 0 Å². The van der Waals surface area contributed by atoms with Crippen molar-refractivity contribution in [3.8, 4) is 6.07 Å². The molecule has 2 unspecified atom stereocenters. The highest BCUT2D eigenvalue weighted by molar-refractivity contribution is 9.10. The zero-order chi connectivity index (χ0) is 14.7. The summed E-state index contributed by atoms with van der Waals surface area (Å²) in [6, 6.07) is 11.6. The van der Waals surface area contributed by atoms with E-state index in [2.05, 4.69) is 45.5 Å². The average Bonchev–Trinajstić information content (AvgIpc) is 3.21. The van der Waals surface area contributed by atoms with Crippen molar-refractivity contribution in [2.75, 3.05) is 5.75 Å². The van der Waals surface area contributed by atoms with E-state index in [1.54, 1.807) is 0 Å². The van der Waals surface area contributed by atoms with Gasteiger partial charge in [-0.25, -0.2) is 0 Å². The van der Waals surface area contributed by atoms with Crippen molar-refractivity contribution in [1.29, 1.82) is 5.26 Å². The highest BCUT2D eigenvalue weighted by atomic mass is 79.9. The summed E-state index contributed by atoms with van der Waals surface area (Å²) in [7, 11) is 0. The molecule has 21 heavy (non-hydrogen) atoms. The van der Waals surface area contributed by atoms with Crippen LogP contribution in [0, 0.1) is 17.2 Å². The molecule has 0 radical (unpaired) electrons. The van der Waals surface area contributed by atoms with Crippen molar-refractivity contribution in [2.24, 2.45) is 5.92 Å². The molecule has 1 aromatic rings. The minimum absolute atomic E-state index is 0.240. The van der Waals surface area contributed by atoms with Crippen LogP contribution in [0.25, 0.3) is 0 Å². The molecule has 0 spiro atoms. The molecular formula is C17H21BrN2S. The third-order valence-corrected chi connectivity index (χ3v) is 6.68. The second kappa shape index (κ2) is 6.73. The molecule has 0 aromatic heterocycles. The van der Waals surface area contributed by atoms with Crippen molar-refractivity contribution in [1.82, 2.24) is 5.32 Å². The summed E-state index contributed by atoms with van der Waals surface area (Å²) >= 11 is 5.50. The van der Waals surface area contributed by atoms with Crippen LogP contribution in [0.5, 0.6) is 0 Å². The quantitative estimate of drug-likeness (QED) is 0.740. The number of hydrogen-bond donors (Lipinski definition) is 1. The highest BCUT2D eigenvalue weighted by Crippen LogP contribution is 2.41. The molecule has 2 nitrogen and oxygen atoms in total. The first kappa shape index (κ1) is 15.4.